The zero-order valence-electron chi connectivity index (χ0n) is 18.1. The van der Waals surface area contributed by atoms with Crippen molar-refractivity contribution in [1.82, 2.24) is 4.90 Å². The van der Waals surface area contributed by atoms with Crippen molar-refractivity contribution in [1.29, 1.82) is 0 Å². The quantitative estimate of drug-likeness (QED) is 0.520. The number of carbonyl (C=O) groups is 2. The van der Waals surface area contributed by atoms with Crippen molar-refractivity contribution in [3.8, 4) is 23.0 Å². The number of para-hydroxylation sites is 1. The van der Waals surface area contributed by atoms with Crippen molar-refractivity contribution in [3.05, 3.63) is 76.5 Å². The minimum Gasteiger partial charge on any atom is -0.332 e. The average molecular weight is 443 g/mol. The zero-order valence-corrected chi connectivity index (χ0v) is 19.0. The van der Waals surface area contributed by atoms with Crippen molar-refractivity contribution in [2.24, 2.45) is 0 Å². The van der Waals surface area contributed by atoms with E-state index in [-0.39, 0.29) is 11.8 Å². The molecule has 162 valence electrons. The average Bonchev–Trinajstić information content (AvgIpc) is 3.34. The van der Waals surface area contributed by atoms with Gasteiger partial charge in [0.2, 0.25) is 0 Å². The van der Waals surface area contributed by atoms with Crippen LogP contribution in [0.1, 0.15) is 47.3 Å². The number of hydrogen-bond acceptors (Lipinski definition) is 3. The number of amides is 2. The van der Waals surface area contributed by atoms with Crippen LogP contribution in [0.15, 0.2) is 66.0 Å². The Labute approximate surface area is 193 Å². The number of rotatable bonds is 4. The maximum Gasteiger partial charge on any atom is 0.298 e. The van der Waals surface area contributed by atoms with Gasteiger partial charge in [-0.15, -0.1) is 11.3 Å². The summed E-state index contributed by atoms with van der Waals surface area (Å²) >= 11 is 1.63. The first-order chi connectivity index (χ1) is 15.7. The van der Waals surface area contributed by atoms with E-state index in [2.05, 4.69) is 17.2 Å². The van der Waals surface area contributed by atoms with Gasteiger partial charge in [0, 0.05) is 41.0 Å². The van der Waals surface area contributed by atoms with E-state index in [4.69, 9.17) is 0 Å². The van der Waals surface area contributed by atoms with E-state index in [0.29, 0.717) is 31.0 Å². The number of hydrogen-bond donors (Lipinski definition) is 1. The molecule has 1 aliphatic rings. The SMILES string of the molecule is CCC#CC(=O)N1CCC(c2cc(C(=O)Nc3ccccc3-c3ccccc3)cs2)CC1. The molecule has 4 nitrogen and oxygen atoms in total. The number of anilines is 1. The monoisotopic (exact) mass is 442 g/mol. The fourth-order valence-corrected chi connectivity index (χ4v) is 5.01. The zero-order chi connectivity index (χ0) is 22.3. The summed E-state index contributed by atoms with van der Waals surface area (Å²) in [6.07, 6.45) is 2.49. The van der Waals surface area contributed by atoms with E-state index in [1.165, 1.54) is 4.88 Å². The van der Waals surface area contributed by atoms with Crippen molar-refractivity contribution in [3.63, 3.8) is 0 Å². The summed E-state index contributed by atoms with van der Waals surface area (Å²) in [5, 5.41) is 5.01. The lowest BCUT2D eigenvalue weighted by atomic mass is 9.94. The van der Waals surface area contributed by atoms with Gasteiger partial charge in [-0.2, -0.15) is 0 Å². The minimum absolute atomic E-state index is 0.0753. The molecule has 5 heteroatoms. The minimum atomic E-state index is -0.0988. The van der Waals surface area contributed by atoms with Gasteiger partial charge in [0.05, 0.1) is 5.56 Å². The Balaban J connectivity index is 1.41. The van der Waals surface area contributed by atoms with Crippen LogP contribution in [0.4, 0.5) is 5.69 Å². The number of piperidine rings is 1. The molecule has 1 aliphatic heterocycles. The molecule has 4 rings (SSSR count). The van der Waals surface area contributed by atoms with Crippen molar-refractivity contribution in [2.45, 2.75) is 32.1 Å². The van der Waals surface area contributed by atoms with Crippen LogP contribution in [0, 0.1) is 11.8 Å². The third-order valence-corrected chi connectivity index (χ3v) is 6.79. The molecule has 1 aromatic heterocycles. The van der Waals surface area contributed by atoms with E-state index in [1.807, 2.05) is 77.9 Å². The van der Waals surface area contributed by atoms with Crippen LogP contribution in [-0.4, -0.2) is 29.8 Å². The van der Waals surface area contributed by atoms with E-state index >= 15 is 0 Å². The standard InChI is InChI=1S/C27H26N2O2S/c1-2-3-13-26(30)29-16-14-21(15-17-29)25-18-22(19-32-25)27(31)28-24-12-8-7-11-23(24)20-9-5-4-6-10-20/h4-12,18-19,21H,2,14-17H2,1H3,(H,28,31). The lowest BCUT2D eigenvalue weighted by molar-refractivity contribution is -0.126. The first-order valence-corrected chi connectivity index (χ1v) is 11.9. The number of thiophene rings is 1. The molecule has 2 amide bonds. The molecule has 0 saturated carbocycles. The first-order valence-electron chi connectivity index (χ1n) is 11.0. The predicted octanol–water partition coefficient (Wildman–Crippen LogP) is 5.79. The van der Waals surface area contributed by atoms with Gasteiger partial charge in [0.1, 0.15) is 0 Å². The summed E-state index contributed by atoms with van der Waals surface area (Å²) < 4.78 is 0. The molecule has 1 fully saturated rings. The molecule has 2 heterocycles. The van der Waals surface area contributed by atoms with Crippen LogP contribution in [0.5, 0.6) is 0 Å². The molecule has 0 atom stereocenters. The van der Waals surface area contributed by atoms with E-state index < -0.39 is 0 Å². The molecule has 0 spiro atoms. The van der Waals surface area contributed by atoms with Gasteiger partial charge in [0.15, 0.2) is 0 Å². The van der Waals surface area contributed by atoms with Gasteiger partial charge in [-0.25, -0.2) is 0 Å². The third kappa shape index (κ3) is 5.09. The van der Waals surface area contributed by atoms with Gasteiger partial charge in [-0.1, -0.05) is 61.4 Å². The maximum atomic E-state index is 13.0. The van der Waals surface area contributed by atoms with E-state index in [9.17, 15) is 9.59 Å². The number of nitrogens with one attached hydrogen (secondary N) is 1. The Morgan fingerprint density at radius 1 is 1.06 bits per heavy atom. The van der Waals surface area contributed by atoms with Crippen LogP contribution in [0.3, 0.4) is 0 Å². The molecular formula is C27H26N2O2S. The summed E-state index contributed by atoms with van der Waals surface area (Å²) in [6, 6.07) is 19.9. The summed E-state index contributed by atoms with van der Waals surface area (Å²) in [6.45, 7) is 3.37. The highest BCUT2D eigenvalue weighted by Crippen LogP contribution is 2.33. The number of benzene rings is 2. The molecule has 2 aromatic carbocycles. The molecule has 3 aromatic rings. The Hall–Kier alpha value is -3.36. The van der Waals surface area contributed by atoms with Gasteiger partial charge in [-0.3, -0.25) is 9.59 Å². The molecule has 0 aliphatic carbocycles. The Kier molecular flexibility index (Phi) is 7.03. The Bertz CT molecular complexity index is 1150. The largest absolute Gasteiger partial charge is 0.332 e. The van der Waals surface area contributed by atoms with Crippen LogP contribution in [-0.2, 0) is 4.79 Å². The van der Waals surface area contributed by atoms with Gasteiger partial charge in [0.25, 0.3) is 11.8 Å². The Morgan fingerprint density at radius 3 is 2.53 bits per heavy atom. The second-order valence-electron chi connectivity index (χ2n) is 7.83. The van der Waals surface area contributed by atoms with E-state index in [0.717, 1.165) is 29.7 Å². The van der Waals surface area contributed by atoms with Crippen LogP contribution >= 0.6 is 11.3 Å². The third-order valence-electron chi connectivity index (χ3n) is 5.70. The van der Waals surface area contributed by atoms with Crippen molar-refractivity contribution in [2.75, 3.05) is 18.4 Å². The van der Waals surface area contributed by atoms with Crippen LogP contribution < -0.4 is 5.32 Å². The molecular weight excluding hydrogens is 416 g/mol. The second-order valence-corrected chi connectivity index (χ2v) is 8.77. The normalized spacial score (nSPS) is 13.8. The fourth-order valence-electron chi connectivity index (χ4n) is 3.95. The second kappa shape index (κ2) is 10.3. The molecule has 0 unspecified atom stereocenters. The van der Waals surface area contributed by atoms with Crippen molar-refractivity contribution < 1.29 is 9.59 Å². The predicted molar refractivity (Wildman–Crippen MR) is 131 cm³/mol. The lowest BCUT2D eigenvalue weighted by Crippen LogP contribution is -2.37. The fraction of sp³-hybridized carbons (Fsp3) is 0.259. The van der Waals surface area contributed by atoms with E-state index in [1.54, 1.807) is 11.3 Å². The molecule has 1 saturated heterocycles. The smallest absolute Gasteiger partial charge is 0.298 e. The molecule has 0 radical (unpaired) electrons. The summed E-state index contributed by atoms with van der Waals surface area (Å²) in [5.41, 5.74) is 3.55. The summed E-state index contributed by atoms with van der Waals surface area (Å²) in [7, 11) is 0. The molecule has 1 N–H and O–H groups in total. The molecule has 32 heavy (non-hydrogen) atoms. The highest BCUT2D eigenvalue weighted by molar-refractivity contribution is 7.10. The lowest BCUT2D eigenvalue weighted by Gasteiger charge is -2.30. The number of carbonyl (C=O) groups excluding carboxylic acids is 2. The summed E-state index contributed by atoms with van der Waals surface area (Å²) in [4.78, 5) is 28.1. The molecule has 0 bridgehead atoms. The maximum absolute atomic E-state index is 13.0. The number of nitrogens with zero attached hydrogens (tertiary/aromatic N) is 1. The highest BCUT2D eigenvalue weighted by atomic mass is 32.1. The van der Waals surface area contributed by atoms with Gasteiger partial charge < -0.3 is 10.2 Å². The van der Waals surface area contributed by atoms with Crippen molar-refractivity contribution >= 4 is 28.8 Å². The number of likely N-dealkylation sites (tertiary alicyclic amines) is 1. The first kappa shape index (κ1) is 21.9. The van der Waals surface area contributed by atoms with Crippen LogP contribution in [0.2, 0.25) is 0 Å². The van der Waals surface area contributed by atoms with Gasteiger partial charge >= 0.3 is 0 Å². The van der Waals surface area contributed by atoms with Gasteiger partial charge in [-0.05, 0) is 42.4 Å². The Morgan fingerprint density at radius 2 is 1.78 bits per heavy atom. The highest BCUT2D eigenvalue weighted by Gasteiger charge is 2.25. The summed E-state index contributed by atoms with van der Waals surface area (Å²) in [5.74, 6) is 5.76. The van der Waals surface area contributed by atoms with Crippen LogP contribution in [0.25, 0.3) is 11.1 Å². The topological polar surface area (TPSA) is 49.4 Å².